The van der Waals surface area contributed by atoms with Crippen molar-refractivity contribution >= 4 is 0 Å². The van der Waals surface area contributed by atoms with Crippen molar-refractivity contribution in [1.29, 1.82) is 0 Å². The van der Waals surface area contributed by atoms with E-state index in [0.29, 0.717) is 22.6 Å². The highest BCUT2D eigenvalue weighted by Crippen LogP contribution is 2.33. The first kappa shape index (κ1) is 21.3. The number of benzene rings is 3. The number of aromatic nitrogens is 4. The lowest BCUT2D eigenvalue weighted by Gasteiger charge is -2.15. The molecule has 0 bridgehead atoms. The summed E-state index contributed by atoms with van der Waals surface area (Å²) in [6.07, 6.45) is 0. The zero-order valence-electron chi connectivity index (χ0n) is 16.9. The van der Waals surface area contributed by atoms with Crippen molar-refractivity contribution in [3.63, 3.8) is 0 Å². The van der Waals surface area contributed by atoms with Gasteiger partial charge in [-0.15, -0.1) is 0 Å². The van der Waals surface area contributed by atoms with Gasteiger partial charge in [0.2, 0.25) is 0 Å². The minimum absolute atomic E-state index is 0.0334. The van der Waals surface area contributed by atoms with Crippen LogP contribution in [0.15, 0.2) is 47.3 Å². The Hall–Kier alpha value is -3.95. The van der Waals surface area contributed by atoms with Gasteiger partial charge < -0.3 is 4.74 Å². The number of hydrogen-bond acceptors (Lipinski definition) is 4. The number of halogens is 4. The van der Waals surface area contributed by atoms with Crippen LogP contribution in [-0.4, -0.2) is 20.2 Å². The van der Waals surface area contributed by atoms with Crippen LogP contribution in [-0.2, 0) is 6.61 Å². The Bertz CT molecular complexity index is 1350. The average Bonchev–Trinajstić information content (AvgIpc) is 3.18. The van der Waals surface area contributed by atoms with Crippen LogP contribution < -0.4 is 10.4 Å². The molecule has 0 saturated heterocycles. The number of ether oxygens (including phenoxy) is 1. The summed E-state index contributed by atoms with van der Waals surface area (Å²) in [6.45, 7) is 3.53. The molecule has 3 aromatic carbocycles. The molecule has 0 aliphatic carbocycles. The van der Waals surface area contributed by atoms with Crippen molar-refractivity contribution in [2.24, 2.45) is 0 Å². The normalized spacial score (nSPS) is 11.1. The summed E-state index contributed by atoms with van der Waals surface area (Å²) in [5.41, 5.74) is 1.15. The SMILES string of the molecule is Cc1cc(-c2c(F)c(F)cc(F)c2F)ccc1OCc1c(C)cccc1-n1nn[nH]c1=O. The highest BCUT2D eigenvalue weighted by atomic mass is 19.2. The number of aryl methyl sites for hydroxylation is 2. The zero-order chi connectivity index (χ0) is 23.0. The Kier molecular flexibility index (Phi) is 5.52. The summed E-state index contributed by atoms with van der Waals surface area (Å²) in [7, 11) is 0. The van der Waals surface area contributed by atoms with Gasteiger partial charge in [-0.05, 0) is 59.2 Å². The smallest absolute Gasteiger partial charge is 0.365 e. The number of tetrazole rings is 1. The van der Waals surface area contributed by atoms with Gasteiger partial charge in [0.05, 0.1) is 11.3 Å². The lowest BCUT2D eigenvalue weighted by Crippen LogP contribution is -2.18. The van der Waals surface area contributed by atoms with Crippen LogP contribution in [0.1, 0.15) is 16.7 Å². The predicted molar refractivity (Wildman–Crippen MR) is 107 cm³/mol. The maximum Gasteiger partial charge on any atom is 0.365 e. The Morgan fingerprint density at radius 1 is 0.969 bits per heavy atom. The van der Waals surface area contributed by atoms with Crippen molar-refractivity contribution in [2.75, 3.05) is 0 Å². The number of rotatable bonds is 5. The second-order valence-corrected chi connectivity index (χ2v) is 7.10. The molecule has 0 spiro atoms. The summed E-state index contributed by atoms with van der Waals surface area (Å²) >= 11 is 0. The van der Waals surface area contributed by atoms with Gasteiger partial charge in [-0.1, -0.05) is 18.2 Å². The van der Waals surface area contributed by atoms with Crippen LogP contribution in [0, 0.1) is 37.1 Å². The Morgan fingerprint density at radius 2 is 1.69 bits per heavy atom. The molecular weight excluding hydrogens is 428 g/mol. The molecule has 1 heterocycles. The van der Waals surface area contributed by atoms with Crippen molar-refractivity contribution < 1.29 is 22.3 Å². The van der Waals surface area contributed by atoms with Crippen LogP contribution >= 0.6 is 0 Å². The van der Waals surface area contributed by atoms with Gasteiger partial charge in [-0.3, -0.25) is 0 Å². The first-order valence-corrected chi connectivity index (χ1v) is 9.44. The van der Waals surface area contributed by atoms with E-state index in [4.69, 9.17) is 4.74 Å². The molecule has 0 radical (unpaired) electrons. The topological polar surface area (TPSA) is 72.8 Å². The Balaban J connectivity index is 1.66. The molecule has 164 valence electrons. The van der Waals surface area contributed by atoms with Gasteiger partial charge in [-0.25, -0.2) is 27.5 Å². The molecule has 10 heteroatoms. The highest BCUT2D eigenvalue weighted by molar-refractivity contribution is 5.67. The minimum Gasteiger partial charge on any atom is -0.489 e. The molecule has 0 atom stereocenters. The van der Waals surface area contributed by atoms with Crippen molar-refractivity contribution in [3.8, 4) is 22.6 Å². The van der Waals surface area contributed by atoms with E-state index in [-0.39, 0.29) is 18.2 Å². The molecule has 0 fully saturated rings. The molecule has 0 unspecified atom stereocenters. The monoisotopic (exact) mass is 444 g/mol. The van der Waals surface area contributed by atoms with Gasteiger partial charge in [0.25, 0.3) is 0 Å². The number of hydrogen-bond donors (Lipinski definition) is 1. The average molecular weight is 444 g/mol. The van der Waals surface area contributed by atoms with E-state index in [1.165, 1.54) is 18.2 Å². The maximum atomic E-state index is 14.1. The molecule has 0 amide bonds. The first-order valence-electron chi connectivity index (χ1n) is 9.44. The third kappa shape index (κ3) is 3.75. The van der Waals surface area contributed by atoms with E-state index in [2.05, 4.69) is 15.5 Å². The van der Waals surface area contributed by atoms with Crippen molar-refractivity contribution in [1.82, 2.24) is 20.2 Å². The number of nitrogens with one attached hydrogen (secondary N) is 1. The second kappa shape index (κ2) is 8.29. The van der Waals surface area contributed by atoms with Crippen LogP contribution in [0.3, 0.4) is 0 Å². The first-order chi connectivity index (χ1) is 15.3. The second-order valence-electron chi connectivity index (χ2n) is 7.10. The Morgan fingerprint density at radius 3 is 2.31 bits per heavy atom. The summed E-state index contributed by atoms with van der Waals surface area (Å²) in [5, 5.41) is 9.46. The van der Waals surface area contributed by atoms with E-state index in [1.54, 1.807) is 19.1 Å². The van der Waals surface area contributed by atoms with Gasteiger partial charge in [0.1, 0.15) is 12.4 Å². The maximum absolute atomic E-state index is 14.1. The fourth-order valence-electron chi connectivity index (χ4n) is 3.37. The fourth-order valence-corrected chi connectivity index (χ4v) is 3.37. The third-order valence-electron chi connectivity index (χ3n) is 5.03. The molecule has 6 nitrogen and oxygen atoms in total. The largest absolute Gasteiger partial charge is 0.489 e. The summed E-state index contributed by atoms with van der Waals surface area (Å²) in [6, 6.07) is 9.59. The standard InChI is InChI=1S/C22H16F4N4O2/c1-11-4-3-5-17(30-22(31)27-28-29-30)14(11)10-32-18-7-6-13(8-12(18)2)19-20(25)15(23)9-16(24)21(19)26/h3-9H,10H2,1-2H3,(H,27,29,31). The van der Waals surface area contributed by atoms with E-state index in [9.17, 15) is 22.4 Å². The van der Waals surface area contributed by atoms with Crippen LogP contribution in [0.25, 0.3) is 16.8 Å². The summed E-state index contributed by atoms with van der Waals surface area (Å²) in [4.78, 5) is 11.9. The number of aromatic amines is 1. The molecule has 1 aromatic heterocycles. The van der Waals surface area contributed by atoms with Crippen LogP contribution in [0.5, 0.6) is 5.75 Å². The summed E-state index contributed by atoms with van der Waals surface area (Å²) < 4.78 is 62.4. The molecule has 32 heavy (non-hydrogen) atoms. The van der Waals surface area contributed by atoms with Gasteiger partial charge in [0, 0.05) is 11.6 Å². The van der Waals surface area contributed by atoms with E-state index in [1.807, 2.05) is 13.0 Å². The minimum atomic E-state index is -1.48. The summed E-state index contributed by atoms with van der Waals surface area (Å²) in [5.74, 6) is -5.52. The lowest BCUT2D eigenvalue weighted by molar-refractivity contribution is 0.302. The van der Waals surface area contributed by atoms with Gasteiger partial charge in [-0.2, -0.15) is 4.68 Å². The fraction of sp³-hybridized carbons (Fsp3) is 0.136. The molecule has 1 N–H and O–H groups in total. The third-order valence-corrected chi connectivity index (χ3v) is 5.03. The molecule has 4 aromatic rings. The number of nitrogens with zero attached hydrogens (tertiary/aromatic N) is 3. The predicted octanol–water partition coefficient (Wildman–Crippen LogP) is 4.37. The molecule has 0 saturated carbocycles. The van der Waals surface area contributed by atoms with Crippen LogP contribution in [0.4, 0.5) is 17.6 Å². The highest BCUT2D eigenvalue weighted by Gasteiger charge is 2.21. The van der Waals surface area contributed by atoms with Crippen molar-refractivity contribution in [3.05, 3.63) is 92.9 Å². The molecule has 4 rings (SSSR count). The zero-order valence-corrected chi connectivity index (χ0v) is 16.9. The lowest BCUT2D eigenvalue weighted by atomic mass is 10.0. The van der Waals surface area contributed by atoms with E-state index < -0.39 is 34.5 Å². The number of H-pyrrole nitrogens is 1. The Labute approximate surface area is 179 Å². The van der Waals surface area contributed by atoms with Gasteiger partial charge in [0.15, 0.2) is 23.3 Å². The van der Waals surface area contributed by atoms with Crippen LogP contribution in [0.2, 0.25) is 0 Å². The van der Waals surface area contributed by atoms with E-state index >= 15 is 0 Å². The van der Waals surface area contributed by atoms with Gasteiger partial charge >= 0.3 is 5.69 Å². The van der Waals surface area contributed by atoms with Crippen molar-refractivity contribution in [2.45, 2.75) is 20.5 Å². The molecule has 0 aliphatic heterocycles. The van der Waals surface area contributed by atoms with E-state index in [0.717, 1.165) is 10.2 Å². The molecule has 0 aliphatic rings. The quantitative estimate of drug-likeness (QED) is 0.366. The molecular formula is C22H16F4N4O2.